The Kier molecular flexibility index (Phi) is 5.51. The number of hydrogen-bond acceptors (Lipinski definition) is 2. The van der Waals surface area contributed by atoms with Crippen molar-refractivity contribution in [3.63, 3.8) is 0 Å². The van der Waals surface area contributed by atoms with Gasteiger partial charge in [-0.3, -0.25) is 0 Å². The Morgan fingerprint density at radius 1 is 1.18 bits per heavy atom. The van der Waals surface area contributed by atoms with E-state index in [0.717, 1.165) is 25.0 Å². The highest BCUT2D eigenvalue weighted by atomic mass is 28.3. The van der Waals surface area contributed by atoms with E-state index in [9.17, 15) is 0 Å². The quantitative estimate of drug-likeness (QED) is 0.679. The molecule has 0 aromatic carbocycles. The summed E-state index contributed by atoms with van der Waals surface area (Å²) in [6.45, 7) is 6.63. The monoisotopic (exact) mass is 256 g/mol. The number of ether oxygens (including phenoxy) is 1. The molecule has 0 aromatic heterocycles. The largest absolute Gasteiger partial charge is 0.417 e. The molecular weight excluding hydrogens is 228 g/mol. The SMILES string of the molecule is CC(C)C[SiH](OCC1CCCC1)C1CCCO1. The molecule has 0 spiro atoms. The van der Waals surface area contributed by atoms with E-state index in [0.29, 0.717) is 5.73 Å². The fourth-order valence-electron chi connectivity index (χ4n) is 3.12. The van der Waals surface area contributed by atoms with E-state index < -0.39 is 9.04 Å². The predicted octanol–water partition coefficient (Wildman–Crippen LogP) is 3.29. The molecule has 1 heterocycles. The van der Waals surface area contributed by atoms with Gasteiger partial charge in [0.15, 0.2) is 0 Å². The topological polar surface area (TPSA) is 18.5 Å². The zero-order valence-electron chi connectivity index (χ0n) is 11.5. The van der Waals surface area contributed by atoms with Gasteiger partial charge in [-0.1, -0.05) is 26.7 Å². The minimum absolute atomic E-state index is 0.513. The van der Waals surface area contributed by atoms with Gasteiger partial charge in [0.1, 0.15) is 0 Å². The van der Waals surface area contributed by atoms with Crippen LogP contribution in [0.15, 0.2) is 0 Å². The average molecular weight is 256 g/mol. The zero-order valence-corrected chi connectivity index (χ0v) is 12.6. The second-order valence-corrected chi connectivity index (χ2v) is 8.83. The maximum Gasteiger partial charge on any atom is 0.205 e. The summed E-state index contributed by atoms with van der Waals surface area (Å²) >= 11 is 0. The molecule has 100 valence electrons. The molecule has 2 aliphatic rings. The molecule has 3 heteroatoms. The average Bonchev–Trinajstić information content (AvgIpc) is 2.96. The van der Waals surface area contributed by atoms with Gasteiger partial charge in [0.05, 0.1) is 5.73 Å². The maximum absolute atomic E-state index is 6.33. The van der Waals surface area contributed by atoms with Crippen LogP contribution in [0.25, 0.3) is 0 Å². The molecule has 2 nitrogen and oxygen atoms in total. The smallest absolute Gasteiger partial charge is 0.205 e. The molecule has 17 heavy (non-hydrogen) atoms. The number of hydrogen-bond donors (Lipinski definition) is 0. The van der Waals surface area contributed by atoms with E-state index in [1.54, 1.807) is 0 Å². The van der Waals surface area contributed by atoms with Gasteiger partial charge in [0, 0.05) is 13.2 Å². The summed E-state index contributed by atoms with van der Waals surface area (Å²) in [7, 11) is -1.12. The van der Waals surface area contributed by atoms with E-state index in [4.69, 9.17) is 9.16 Å². The Labute approximate surface area is 108 Å². The van der Waals surface area contributed by atoms with Gasteiger partial charge >= 0.3 is 0 Å². The van der Waals surface area contributed by atoms with Crippen molar-refractivity contribution in [2.24, 2.45) is 11.8 Å². The van der Waals surface area contributed by atoms with E-state index in [-0.39, 0.29) is 0 Å². The first-order valence-corrected chi connectivity index (χ1v) is 9.44. The Morgan fingerprint density at radius 3 is 2.53 bits per heavy atom. The van der Waals surface area contributed by atoms with Crippen molar-refractivity contribution >= 4 is 9.04 Å². The summed E-state index contributed by atoms with van der Waals surface area (Å²) in [5, 5.41) is 0. The molecule has 2 unspecified atom stereocenters. The van der Waals surface area contributed by atoms with Crippen molar-refractivity contribution in [3.8, 4) is 0 Å². The molecule has 0 amide bonds. The van der Waals surface area contributed by atoms with E-state index in [2.05, 4.69) is 13.8 Å². The molecule has 2 fully saturated rings. The van der Waals surface area contributed by atoms with Crippen molar-refractivity contribution in [2.75, 3.05) is 13.2 Å². The van der Waals surface area contributed by atoms with Crippen LogP contribution in [0.1, 0.15) is 52.4 Å². The third kappa shape index (κ3) is 4.38. The first-order chi connectivity index (χ1) is 8.25. The first-order valence-electron chi connectivity index (χ1n) is 7.49. The van der Waals surface area contributed by atoms with E-state index in [1.165, 1.54) is 44.6 Å². The first kappa shape index (κ1) is 13.6. The second kappa shape index (κ2) is 6.91. The summed E-state index contributed by atoms with van der Waals surface area (Å²) < 4.78 is 12.2. The molecule has 1 aliphatic heterocycles. The van der Waals surface area contributed by atoms with E-state index in [1.807, 2.05) is 0 Å². The lowest BCUT2D eigenvalue weighted by Gasteiger charge is -2.25. The highest BCUT2D eigenvalue weighted by Crippen LogP contribution is 2.27. The highest BCUT2D eigenvalue weighted by molar-refractivity contribution is 6.53. The Bertz CT molecular complexity index is 208. The van der Waals surface area contributed by atoms with Crippen molar-refractivity contribution in [1.82, 2.24) is 0 Å². The van der Waals surface area contributed by atoms with Gasteiger partial charge < -0.3 is 9.16 Å². The third-order valence-electron chi connectivity index (χ3n) is 4.10. The molecule has 1 saturated heterocycles. The van der Waals surface area contributed by atoms with Gasteiger partial charge in [0.2, 0.25) is 9.04 Å². The van der Waals surface area contributed by atoms with Crippen LogP contribution in [0, 0.1) is 11.8 Å². The molecule has 0 bridgehead atoms. The Morgan fingerprint density at radius 2 is 1.94 bits per heavy atom. The molecule has 0 aromatic rings. The van der Waals surface area contributed by atoms with E-state index >= 15 is 0 Å². The van der Waals surface area contributed by atoms with Crippen LogP contribution < -0.4 is 0 Å². The molecular formula is C14H28O2Si. The van der Waals surface area contributed by atoms with Crippen molar-refractivity contribution in [1.29, 1.82) is 0 Å². The minimum atomic E-state index is -1.12. The predicted molar refractivity (Wildman–Crippen MR) is 73.7 cm³/mol. The lowest BCUT2D eigenvalue weighted by molar-refractivity contribution is 0.134. The summed E-state index contributed by atoms with van der Waals surface area (Å²) in [5.41, 5.74) is 0.513. The van der Waals surface area contributed by atoms with Crippen molar-refractivity contribution in [2.45, 2.75) is 64.1 Å². The standard InChI is InChI=1S/C14H28O2Si/c1-12(2)11-17(14-8-5-9-15-14)16-10-13-6-3-4-7-13/h12-14,17H,3-11H2,1-2H3. The molecule has 1 aliphatic carbocycles. The summed E-state index contributed by atoms with van der Waals surface area (Å²) in [5.74, 6) is 1.62. The summed E-state index contributed by atoms with van der Waals surface area (Å²) in [6, 6.07) is 1.29. The molecule has 2 rings (SSSR count). The minimum Gasteiger partial charge on any atom is -0.417 e. The fraction of sp³-hybridized carbons (Fsp3) is 1.00. The Hall–Kier alpha value is 0.137. The van der Waals surface area contributed by atoms with Crippen molar-refractivity contribution < 1.29 is 9.16 Å². The van der Waals surface area contributed by atoms with Gasteiger partial charge in [-0.05, 0) is 43.6 Å². The van der Waals surface area contributed by atoms with Crippen LogP contribution in [0.5, 0.6) is 0 Å². The van der Waals surface area contributed by atoms with Crippen LogP contribution in [0.4, 0.5) is 0 Å². The van der Waals surface area contributed by atoms with Crippen molar-refractivity contribution in [3.05, 3.63) is 0 Å². The molecule has 0 N–H and O–H groups in total. The zero-order chi connectivity index (χ0) is 12.1. The normalized spacial score (nSPS) is 28.1. The number of rotatable bonds is 6. The van der Waals surface area contributed by atoms with Gasteiger partial charge in [-0.15, -0.1) is 0 Å². The third-order valence-corrected chi connectivity index (χ3v) is 7.49. The second-order valence-electron chi connectivity index (χ2n) is 6.20. The van der Waals surface area contributed by atoms with Gasteiger partial charge in [-0.25, -0.2) is 0 Å². The maximum atomic E-state index is 6.33. The van der Waals surface area contributed by atoms with Gasteiger partial charge in [-0.2, -0.15) is 0 Å². The lowest BCUT2D eigenvalue weighted by Crippen LogP contribution is -2.36. The van der Waals surface area contributed by atoms with Crippen LogP contribution >= 0.6 is 0 Å². The van der Waals surface area contributed by atoms with Crippen LogP contribution in [-0.4, -0.2) is 28.0 Å². The molecule has 1 saturated carbocycles. The highest BCUT2D eigenvalue weighted by Gasteiger charge is 2.30. The van der Waals surface area contributed by atoms with Crippen LogP contribution in [0.3, 0.4) is 0 Å². The molecule has 0 radical (unpaired) electrons. The van der Waals surface area contributed by atoms with Crippen LogP contribution in [-0.2, 0) is 9.16 Å². The summed E-state index contributed by atoms with van der Waals surface area (Å²) in [6.07, 6.45) is 8.14. The van der Waals surface area contributed by atoms with Crippen LogP contribution in [0.2, 0.25) is 6.04 Å². The fourth-order valence-corrected chi connectivity index (χ4v) is 6.19. The summed E-state index contributed by atoms with van der Waals surface area (Å²) in [4.78, 5) is 0. The Balaban J connectivity index is 1.76. The lowest BCUT2D eigenvalue weighted by atomic mass is 10.1. The van der Waals surface area contributed by atoms with Gasteiger partial charge in [0.25, 0.3) is 0 Å². The molecule has 2 atom stereocenters.